The molecule has 0 saturated carbocycles. The molecule has 1 N–H and O–H groups in total. The van der Waals surface area contributed by atoms with Gasteiger partial charge in [0.1, 0.15) is 5.65 Å². The highest BCUT2D eigenvalue weighted by Crippen LogP contribution is 2.34. The normalized spacial score (nSPS) is 15.6. The number of H-pyrrole nitrogens is 1. The Morgan fingerprint density at radius 3 is 2.78 bits per heavy atom. The van der Waals surface area contributed by atoms with Gasteiger partial charge in [-0.3, -0.25) is 9.59 Å². The summed E-state index contributed by atoms with van der Waals surface area (Å²) < 4.78 is 1.62. The number of nitrogens with one attached hydrogen (secondary N) is 1. The number of hydrogen-bond acceptors (Lipinski definition) is 5. The maximum absolute atomic E-state index is 13.1. The highest BCUT2D eigenvalue weighted by Gasteiger charge is 2.29. The van der Waals surface area contributed by atoms with Gasteiger partial charge in [-0.05, 0) is 60.0 Å². The molecule has 5 aromatic rings. The smallest absolute Gasteiger partial charge is 0.253 e. The Labute approximate surface area is 207 Å². The number of fused-ring (bicyclic) bond motifs is 2. The van der Waals surface area contributed by atoms with Crippen molar-refractivity contribution in [2.75, 3.05) is 13.1 Å². The number of likely N-dealkylation sites (tertiary alicyclic amines) is 1. The summed E-state index contributed by atoms with van der Waals surface area (Å²) in [5.74, 6) is 0.171. The lowest BCUT2D eigenvalue weighted by Gasteiger charge is -2.16. The summed E-state index contributed by atoms with van der Waals surface area (Å²) in [6, 6.07) is 15.3. The molecule has 1 aliphatic rings. The van der Waals surface area contributed by atoms with Crippen LogP contribution < -0.4 is 0 Å². The summed E-state index contributed by atoms with van der Waals surface area (Å²) in [4.78, 5) is 34.6. The summed E-state index contributed by atoms with van der Waals surface area (Å²) >= 11 is 0. The van der Waals surface area contributed by atoms with Gasteiger partial charge < -0.3 is 9.88 Å². The average molecular weight is 477 g/mol. The molecule has 0 bridgehead atoms. The summed E-state index contributed by atoms with van der Waals surface area (Å²) in [6.45, 7) is 4.83. The number of amides is 1. The molecular weight excluding hydrogens is 452 g/mol. The fourth-order valence-corrected chi connectivity index (χ4v) is 4.96. The Hall–Kier alpha value is -4.59. The molecule has 1 fully saturated rings. The first-order chi connectivity index (χ1) is 17.6. The zero-order valence-electron chi connectivity index (χ0n) is 19.6. The van der Waals surface area contributed by atoms with Crippen molar-refractivity contribution in [1.29, 1.82) is 0 Å². The number of hydrogen-bond donors (Lipinski definition) is 1. The Morgan fingerprint density at radius 2 is 1.94 bits per heavy atom. The first-order valence-electron chi connectivity index (χ1n) is 11.9. The second-order valence-electron chi connectivity index (χ2n) is 9.08. The van der Waals surface area contributed by atoms with E-state index < -0.39 is 0 Å². The molecule has 6 rings (SSSR count). The Morgan fingerprint density at radius 1 is 1.08 bits per heavy atom. The number of aromatic nitrogens is 5. The molecule has 8 nitrogen and oxygen atoms in total. The predicted molar refractivity (Wildman–Crippen MR) is 137 cm³/mol. The van der Waals surface area contributed by atoms with E-state index in [0.29, 0.717) is 25.1 Å². The van der Waals surface area contributed by atoms with Gasteiger partial charge in [-0.1, -0.05) is 18.7 Å². The minimum atomic E-state index is -0.0364. The van der Waals surface area contributed by atoms with Crippen LogP contribution >= 0.6 is 0 Å². The third-order valence-corrected chi connectivity index (χ3v) is 6.87. The fraction of sp³-hybridized carbons (Fsp3) is 0.179. The van der Waals surface area contributed by atoms with E-state index in [0.717, 1.165) is 45.4 Å². The second-order valence-corrected chi connectivity index (χ2v) is 9.08. The summed E-state index contributed by atoms with van der Waals surface area (Å²) in [7, 11) is 0. The number of ketones is 1. The number of nitrogens with zero attached hydrogens (tertiary/aromatic N) is 5. The van der Waals surface area contributed by atoms with Crippen LogP contribution in [-0.4, -0.2) is 54.5 Å². The molecule has 1 atom stereocenters. The number of pyridine rings is 1. The number of carbonyl (C=O) groups excluding carboxylic acids is 2. The van der Waals surface area contributed by atoms with Crippen LogP contribution in [0.15, 0.2) is 79.8 Å². The SMILES string of the molecule is C=CC(=O)Cc1ccc(C(=O)N2CC[C@@H](c3cc4c(-c5cnn6ncccc56)ccnc4[nH]3)C2)cc1. The van der Waals surface area contributed by atoms with Gasteiger partial charge >= 0.3 is 0 Å². The lowest BCUT2D eigenvalue weighted by Crippen LogP contribution is -2.28. The second kappa shape index (κ2) is 8.88. The summed E-state index contributed by atoms with van der Waals surface area (Å²) in [5.41, 5.74) is 6.39. The van der Waals surface area contributed by atoms with Crippen LogP contribution in [0.5, 0.6) is 0 Å². The van der Waals surface area contributed by atoms with Crippen LogP contribution in [0.25, 0.3) is 27.7 Å². The number of rotatable bonds is 6. The Balaban J connectivity index is 1.22. The maximum atomic E-state index is 13.1. The van der Waals surface area contributed by atoms with E-state index >= 15 is 0 Å². The highest BCUT2D eigenvalue weighted by atomic mass is 16.2. The molecule has 36 heavy (non-hydrogen) atoms. The molecule has 178 valence electrons. The van der Waals surface area contributed by atoms with Crippen LogP contribution in [0, 0.1) is 0 Å². The summed E-state index contributed by atoms with van der Waals surface area (Å²) in [6.07, 6.45) is 7.84. The number of allylic oxidation sites excluding steroid dienone is 1. The van der Waals surface area contributed by atoms with E-state index in [9.17, 15) is 9.59 Å². The molecule has 5 heterocycles. The lowest BCUT2D eigenvalue weighted by molar-refractivity contribution is -0.114. The van der Waals surface area contributed by atoms with Crippen molar-refractivity contribution < 1.29 is 9.59 Å². The lowest BCUT2D eigenvalue weighted by atomic mass is 10.0. The Bertz CT molecular complexity index is 1610. The monoisotopic (exact) mass is 476 g/mol. The zero-order chi connectivity index (χ0) is 24.6. The van der Waals surface area contributed by atoms with Gasteiger partial charge in [0.25, 0.3) is 5.91 Å². The molecule has 1 aliphatic heterocycles. The van der Waals surface area contributed by atoms with Gasteiger partial charge in [-0.2, -0.15) is 14.8 Å². The van der Waals surface area contributed by atoms with E-state index in [2.05, 4.69) is 32.8 Å². The molecule has 0 spiro atoms. The molecule has 0 unspecified atom stereocenters. The van der Waals surface area contributed by atoms with Crippen molar-refractivity contribution in [2.45, 2.75) is 18.8 Å². The number of benzene rings is 1. The van der Waals surface area contributed by atoms with Crippen molar-refractivity contribution in [3.05, 3.63) is 96.6 Å². The third kappa shape index (κ3) is 3.86. The topological polar surface area (TPSA) is 96.2 Å². The zero-order valence-corrected chi connectivity index (χ0v) is 19.6. The van der Waals surface area contributed by atoms with E-state index in [1.807, 2.05) is 41.4 Å². The predicted octanol–water partition coefficient (Wildman–Crippen LogP) is 4.20. The van der Waals surface area contributed by atoms with E-state index in [-0.39, 0.29) is 17.6 Å². The molecule has 1 aromatic carbocycles. The largest absolute Gasteiger partial charge is 0.343 e. The van der Waals surface area contributed by atoms with Crippen LogP contribution in [0.3, 0.4) is 0 Å². The van der Waals surface area contributed by atoms with E-state index in [1.54, 1.807) is 29.2 Å². The first-order valence-corrected chi connectivity index (χ1v) is 11.9. The molecule has 0 aliphatic carbocycles. The van der Waals surface area contributed by atoms with Crippen molar-refractivity contribution in [2.24, 2.45) is 0 Å². The molecule has 4 aromatic heterocycles. The minimum Gasteiger partial charge on any atom is -0.343 e. The van der Waals surface area contributed by atoms with Gasteiger partial charge in [-0.25, -0.2) is 4.98 Å². The van der Waals surface area contributed by atoms with Crippen molar-refractivity contribution in [3.63, 3.8) is 0 Å². The van der Waals surface area contributed by atoms with Gasteiger partial charge in [-0.15, -0.1) is 0 Å². The van der Waals surface area contributed by atoms with Crippen LogP contribution in [-0.2, 0) is 11.2 Å². The van der Waals surface area contributed by atoms with Crippen molar-refractivity contribution in [1.82, 2.24) is 29.7 Å². The van der Waals surface area contributed by atoms with Crippen molar-refractivity contribution >= 4 is 28.2 Å². The number of carbonyl (C=O) groups is 2. The van der Waals surface area contributed by atoms with E-state index in [1.165, 1.54) is 6.08 Å². The van der Waals surface area contributed by atoms with Gasteiger partial charge in [0.05, 0.1) is 11.7 Å². The molecule has 8 heteroatoms. The van der Waals surface area contributed by atoms with Gasteiger partial charge in [0, 0.05) is 60.0 Å². The quantitative estimate of drug-likeness (QED) is 0.371. The highest BCUT2D eigenvalue weighted by molar-refractivity contribution is 5.98. The molecule has 0 radical (unpaired) electrons. The fourth-order valence-electron chi connectivity index (χ4n) is 4.96. The van der Waals surface area contributed by atoms with Gasteiger partial charge in [0.2, 0.25) is 0 Å². The number of aromatic amines is 1. The molecule has 1 saturated heterocycles. The van der Waals surface area contributed by atoms with Crippen molar-refractivity contribution in [3.8, 4) is 11.1 Å². The summed E-state index contributed by atoms with van der Waals surface area (Å²) in [5, 5.41) is 9.68. The Kier molecular flexibility index (Phi) is 5.41. The standard InChI is InChI=1S/C28H24N6O2/c1-2-21(35)14-18-5-7-19(8-6-18)28(36)33-13-10-20(17-33)25-15-23-22(9-12-29-27(23)32-25)24-16-31-34-26(24)4-3-11-30-34/h2-9,11-12,15-16,20H,1,10,13-14,17H2,(H,29,32)/t20-/m1/s1. The minimum absolute atomic E-state index is 0.00729. The third-order valence-electron chi connectivity index (χ3n) is 6.87. The molecule has 1 amide bonds. The van der Waals surface area contributed by atoms with Crippen LogP contribution in [0.1, 0.15) is 34.0 Å². The maximum Gasteiger partial charge on any atom is 0.253 e. The first kappa shape index (κ1) is 21.9. The molecular formula is C28H24N6O2. The van der Waals surface area contributed by atoms with Crippen LogP contribution in [0.4, 0.5) is 0 Å². The average Bonchev–Trinajstić information content (AvgIpc) is 3.66. The van der Waals surface area contributed by atoms with Crippen LogP contribution in [0.2, 0.25) is 0 Å². The van der Waals surface area contributed by atoms with E-state index in [4.69, 9.17) is 0 Å². The van der Waals surface area contributed by atoms with Gasteiger partial charge in [0.15, 0.2) is 5.78 Å².